The molecule has 0 aliphatic heterocycles. The lowest BCUT2D eigenvalue weighted by Crippen LogP contribution is -2.36. The number of benzene rings is 4. The van der Waals surface area contributed by atoms with E-state index in [1.165, 1.54) is 0 Å². The van der Waals surface area contributed by atoms with Gasteiger partial charge in [0.05, 0.1) is 5.92 Å². The van der Waals surface area contributed by atoms with Gasteiger partial charge in [0.1, 0.15) is 6.54 Å². The van der Waals surface area contributed by atoms with Crippen molar-refractivity contribution in [1.82, 2.24) is 5.32 Å². The molecule has 0 aliphatic carbocycles. The van der Waals surface area contributed by atoms with E-state index in [2.05, 4.69) is 5.32 Å². The predicted octanol–water partition coefficient (Wildman–Crippen LogP) is 5.10. The second-order valence-corrected chi connectivity index (χ2v) is 7.98. The Morgan fingerprint density at radius 2 is 1.03 bits per heavy atom. The molecule has 0 radical (unpaired) electrons. The van der Waals surface area contributed by atoms with Gasteiger partial charge in [0, 0.05) is 11.1 Å². The van der Waals surface area contributed by atoms with E-state index >= 15 is 0 Å². The molecule has 1 amide bonds. The molecule has 0 unspecified atom stereocenters. The Morgan fingerprint density at radius 1 is 0.600 bits per heavy atom. The molecule has 4 aromatic carbocycles. The van der Waals surface area contributed by atoms with Crippen LogP contribution in [-0.2, 0) is 14.3 Å². The summed E-state index contributed by atoms with van der Waals surface area (Å²) in [5, 5.41) is 2.69. The molecule has 4 aromatic rings. The van der Waals surface area contributed by atoms with Crippen molar-refractivity contribution in [3.63, 3.8) is 0 Å². The number of ketones is 1. The van der Waals surface area contributed by atoms with Crippen molar-refractivity contribution in [3.8, 4) is 0 Å². The fraction of sp³-hybridized carbons (Fsp3) is 0.100. The molecule has 5 nitrogen and oxygen atoms in total. The third-order valence-electron chi connectivity index (χ3n) is 5.58. The first kappa shape index (κ1) is 23.6. The Labute approximate surface area is 204 Å². The molecule has 0 bridgehead atoms. The van der Waals surface area contributed by atoms with Gasteiger partial charge in [-0.05, 0) is 11.1 Å². The number of hydrogen-bond donors (Lipinski definition) is 1. The van der Waals surface area contributed by atoms with E-state index in [4.69, 9.17) is 4.74 Å². The molecule has 0 heterocycles. The first-order valence-electron chi connectivity index (χ1n) is 11.3. The van der Waals surface area contributed by atoms with Crippen molar-refractivity contribution in [2.24, 2.45) is 0 Å². The number of carbonyl (C=O) groups excluding carboxylic acids is 3. The summed E-state index contributed by atoms with van der Waals surface area (Å²) in [6.45, 7) is -0.361. The monoisotopic (exact) mass is 463 g/mol. The van der Waals surface area contributed by atoms with E-state index in [0.717, 1.165) is 11.1 Å². The zero-order valence-corrected chi connectivity index (χ0v) is 19.0. The fourth-order valence-electron chi connectivity index (χ4n) is 3.88. The number of carbonyl (C=O) groups is 3. The average Bonchev–Trinajstić information content (AvgIpc) is 2.92. The van der Waals surface area contributed by atoms with Gasteiger partial charge in [-0.15, -0.1) is 0 Å². The van der Waals surface area contributed by atoms with E-state index in [9.17, 15) is 14.4 Å². The fourth-order valence-corrected chi connectivity index (χ4v) is 3.88. The highest BCUT2D eigenvalue weighted by Crippen LogP contribution is 2.25. The van der Waals surface area contributed by atoms with Crippen LogP contribution in [0, 0.1) is 0 Å². The van der Waals surface area contributed by atoms with Crippen molar-refractivity contribution in [3.05, 3.63) is 144 Å². The minimum atomic E-state index is -1.11. The van der Waals surface area contributed by atoms with Gasteiger partial charge >= 0.3 is 5.97 Å². The number of amides is 1. The summed E-state index contributed by atoms with van der Waals surface area (Å²) in [5.74, 6) is -1.94. The van der Waals surface area contributed by atoms with Gasteiger partial charge in [0.15, 0.2) is 6.10 Å². The van der Waals surface area contributed by atoms with Gasteiger partial charge in [0.25, 0.3) is 0 Å². The molecule has 35 heavy (non-hydrogen) atoms. The van der Waals surface area contributed by atoms with Crippen molar-refractivity contribution in [2.45, 2.75) is 12.0 Å². The lowest BCUT2D eigenvalue weighted by molar-refractivity contribution is -0.147. The standard InChI is InChI=1S/C30H25NO4/c32-26(35-29(25-19-11-4-12-20-25)28(33)24-17-9-3-10-18-24)21-31-30(34)27(22-13-5-1-6-14-22)23-15-7-2-8-16-23/h1-20,27,29H,21H2,(H,31,34)/t29-/m1/s1. The van der Waals surface area contributed by atoms with E-state index in [0.29, 0.717) is 11.1 Å². The van der Waals surface area contributed by atoms with Gasteiger partial charge in [-0.3, -0.25) is 14.4 Å². The minimum absolute atomic E-state index is 0.329. The summed E-state index contributed by atoms with van der Waals surface area (Å²) in [6, 6.07) is 36.3. The highest BCUT2D eigenvalue weighted by molar-refractivity contribution is 6.01. The molecule has 0 saturated heterocycles. The first-order chi connectivity index (χ1) is 17.1. The third kappa shape index (κ3) is 6.09. The maximum Gasteiger partial charge on any atom is 0.326 e. The Balaban J connectivity index is 1.48. The van der Waals surface area contributed by atoms with Crippen molar-refractivity contribution < 1.29 is 19.1 Å². The maximum absolute atomic E-state index is 13.2. The molecule has 5 heteroatoms. The SMILES string of the molecule is O=C(CNC(=O)C(c1ccccc1)c1ccccc1)O[C@@H](C(=O)c1ccccc1)c1ccccc1. The molecular formula is C30H25NO4. The molecule has 174 valence electrons. The molecule has 4 rings (SSSR count). The lowest BCUT2D eigenvalue weighted by atomic mass is 9.90. The number of rotatable bonds is 9. The molecule has 1 atom stereocenters. The van der Waals surface area contributed by atoms with Crippen LogP contribution in [0.25, 0.3) is 0 Å². The van der Waals surface area contributed by atoms with Crippen LogP contribution in [0.1, 0.15) is 39.1 Å². The van der Waals surface area contributed by atoms with Crippen LogP contribution in [0.2, 0.25) is 0 Å². The van der Waals surface area contributed by atoms with E-state index in [1.807, 2.05) is 72.8 Å². The van der Waals surface area contributed by atoms with Crippen LogP contribution in [0.5, 0.6) is 0 Å². The number of hydrogen-bond acceptors (Lipinski definition) is 4. The molecule has 0 spiro atoms. The number of esters is 1. The van der Waals surface area contributed by atoms with E-state index < -0.39 is 18.0 Å². The van der Waals surface area contributed by atoms with Crippen molar-refractivity contribution in [1.29, 1.82) is 0 Å². The summed E-state index contributed by atoms with van der Waals surface area (Å²) >= 11 is 0. The summed E-state index contributed by atoms with van der Waals surface area (Å²) < 4.78 is 5.59. The average molecular weight is 464 g/mol. The van der Waals surface area contributed by atoms with Crippen molar-refractivity contribution >= 4 is 17.7 Å². The molecule has 1 N–H and O–H groups in total. The summed E-state index contributed by atoms with van der Waals surface area (Å²) in [4.78, 5) is 39.1. The quantitative estimate of drug-likeness (QED) is 0.277. The van der Waals surface area contributed by atoms with Gasteiger partial charge < -0.3 is 10.1 Å². The zero-order valence-electron chi connectivity index (χ0n) is 19.0. The third-order valence-corrected chi connectivity index (χ3v) is 5.58. The van der Waals surface area contributed by atoms with Crippen LogP contribution >= 0.6 is 0 Å². The predicted molar refractivity (Wildman–Crippen MR) is 134 cm³/mol. The number of ether oxygens (including phenoxy) is 1. The van der Waals surface area contributed by atoms with Gasteiger partial charge in [0.2, 0.25) is 11.7 Å². The lowest BCUT2D eigenvalue weighted by Gasteiger charge is -2.20. The van der Waals surface area contributed by atoms with Crippen LogP contribution < -0.4 is 5.32 Å². The number of Topliss-reactive ketones (excluding diaryl/α,β-unsaturated/α-hetero) is 1. The summed E-state index contributed by atoms with van der Waals surface area (Å²) in [7, 11) is 0. The normalized spacial score (nSPS) is 11.5. The Kier molecular flexibility index (Phi) is 7.81. The molecule has 0 aromatic heterocycles. The van der Waals surface area contributed by atoms with Gasteiger partial charge in [-0.2, -0.15) is 0 Å². The van der Waals surface area contributed by atoms with Gasteiger partial charge in [-0.1, -0.05) is 121 Å². The topological polar surface area (TPSA) is 72.5 Å². The molecule has 0 saturated carbocycles. The maximum atomic E-state index is 13.2. The van der Waals surface area contributed by atoms with Crippen LogP contribution in [0.4, 0.5) is 0 Å². The zero-order chi connectivity index (χ0) is 24.5. The second kappa shape index (κ2) is 11.6. The number of nitrogens with one attached hydrogen (secondary N) is 1. The Morgan fingerprint density at radius 3 is 1.51 bits per heavy atom. The van der Waals surface area contributed by atoms with Crippen LogP contribution in [0.15, 0.2) is 121 Å². The largest absolute Gasteiger partial charge is 0.448 e. The summed E-state index contributed by atoms with van der Waals surface area (Å²) in [5.41, 5.74) is 2.62. The second-order valence-electron chi connectivity index (χ2n) is 7.98. The Bertz CT molecular complexity index is 1220. The van der Waals surface area contributed by atoms with Crippen LogP contribution in [-0.4, -0.2) is 24.2 Å². The minimum Gasteiger partial charge on any atom is -0.448 e. The Hall–Kier alpha value is -4.51. The van der Waals surface area contributed by atoms with E-state index in [1.54, 1.807) is 48.5 Å². The smallest absolute Gasteiger partial charge is 0.326 e. The summed E-state index contributed by atoms with van der Waals surface area (Å²) in [6.07, 6.45) is -1.11. The molecule has 0 fully saturated rings. The van der Waals surface area contributed by atoms with Crippen LogP contribution in [0.3, 0.4) is 0 Å². The van der Waals surface area contributed by atoms with Gasteiger partial charge in [-0.25, -0.2) is 0 Å². The highest BCUT2D eigenvalue weighted by atomic mass is 16.5. The van der Waals surface area contributed by atoms with Crippen molar-refractivity contribution in [2.75, 3.05) is 6.54 Å². The first-order valence-corrected chi connectivity index (χ1v) is 11.3. The van der Waals surface area contributed by atoms with E-state index in [-0.39, 0.29) is 18.2 Å². The molecular weight excluding hydrogens is 438 g/mol. The highest BCUT2D eigenvalue weighted by Gasteiger charge is 2.27. The molecule has 0 aliphatic rings.